The van der Waals surface area contributed by atoms with Crippen molar-refractivity contribution in [3.05, 3.63) is 63.4 Å². The maximum atomic E-state index is 13.4. The predicted octanol–water partition coefficient (Wildman–Crippen LogP) is 5.20. The number of sulfonamides is 1. The lowest BCUT2D eigenvalue weighted by Gasteiger charge is -2.30. The van der Waals surface area contributed by atoms with Crippen molar-refractivity contribution in [3.63, 3.8) is 0 Å². The first-order valence-corrected chi connectivity index (χ1v) is 11.0. The summed E-state index contributed by atoms with van der Waals surface area (Å²) in [4.78, 5) is 1.23. The van der Waals surface area contributed by atoms with E-state index in [0.717, 1.165) is 31.0 Å². The third kappa shape index (κ3) is 2.66. The van der Waals surface area contributed by atoms with E-state index in [4.69, 9.17) is 4.74 Å². The Balaban J connectivity index is 1.89. The molecule has 4 nitrogen and oxygen atoms in total. The average molecular weight is 450 g/mol. The molecule has 4 rings (SSSR count). The smallest absolute Gasteiger partial charge is 0.264 e. The maximum Gasteiger partial charge on any atom is 0.264 e. The van der Waals surface area contributed by atoms with Gasteiger partial charge in [0.1, 0.15) is 5.75 Å². The fourth-order valence-electron chi connectivity index (χ4n) is 3.15. The fourth-order valence-corrected chi connectivity index (χ4v) is 6.50. The minimum absolute atomic E-state index is 0.255. The van der Waals surface area contributed by atoms with E-state index in [1.165, 1.54) is 4.31 Å². The minimum Gasteiger partial charge on any atom is -0.497 e. The zero-order valence-electron chi connectivity index (χ0n) is 14.2. The number of anilines is 1. The predicted molar refractivity (Wildman–Crippen MR) is 109 cm³/mol. The number of nitrogens with zero attached hydrogens (tertiary/aromatic N) is 1. The van der Waals surface area contributed by atoms with Crippen LogP contribution < -0.4 is 9.04 Å². The molecule has 0 radical (unpaired) electrons. The molecule has 0 saturated heterocycles. The summed E-state index contributed by atoms with van der Waals surface area (Å²) in [7, 11) is -2.13. The molecule has 1 aliphatic heterocycles. The molecule has 1 aromatic heterocycles. The first kappa shape index (κ1) is 17.6. The van der Waals surface area contributed by atoms with Gasteiger partial charge in [-0.1, -0.05) is 24.3 Å². The van der Waals surface area contributed by atoms with Crippen LogP contribution in [0.25, 0.3) is 10.4 Å². The van der Waals surface area contributed by atoms with Crippen molar-refractivity contribution in [3.8, 4) is 16.2 Å². The minimum atomic E-state index is -3.69. The molecule has 0 unspecified atom stereocenters. The highest BCUT2D eigenvalue weighted by Gasteiger charge is 2.35. The van der Waals surface area contributed by atoms with Crippen LogP contribution >= 0.6 is 27.3 Å². The normalized spacial score (nSPS) is 13.3. The lowest BCUT2D eigenvalue weighted by molar-refractivity contribution is 0.414. The van der Waals surface area contributed by atoms with Gasteiger partial charge < -0.3 is 4.74 Å². The first-order chi connectivity index (χ1) is 12.4. The highest BCUT2D eigenvalue weighted by Crippen LogP contribution is 2.50. The van der Waals surface area contributed by atoms with Crippen molar-refractivity contribution in [1.29, 1.82) is 0 Å². The highest BCUT2D eigenvalue weighted by molar-refractivity contribution is 9.11. The first-order valence-electron chi connectivity index (χ1n) is 7.97. The monoisotopic (exact) mass is 449 g/mol. The Hall–Kier alpha value is -1.83. The van der Waals surface area contributed by atoms with E-state index >= 15 is 0 Å². The summed E-state index contributed by atoms with van der Waals surface area (Å²) in [5.74, 6) is 0.628. The van der Waals surface area contributed by atoms with E-state index < -0.39 is 10.0 Å². The largest absolute Gasteiger partial charge is 0.497 e. The van der Waals surface area contributed by atoms with Crippen molar-refractivity contribution >= 4 is 43.0 Å². The lowest BCUT2D eigenvalue weighted by atomic mass is 10.0. The Kier molecular flexibility index (Phi) is 4.33. The number of rotatable bonds is 3. The number of fused-ring (bicyclic) bond motifs is 3. The summed E-state index contributed by atoms with van der Waals surface area (Å²) >= 11 is 5.15. The number of ether oxygens (including phenoxy) is 1. The molecule has 7 heteroatoms. The standard InChI is InChI=1S/C19H16BrNO3S2/c1-12-17-18(25-19(12)20)16-6-4-3-5-13(16)11-21(17)26(22,23)15-9-7-14(24-2)8-10-15/h3-10H,11H2,1-2H3. The summed E-state index contributed by atoms with van der Waals surface area (Å²) in [5.41, 5.74) is 3.81. The van der Waals surface area contributed by atoms with Gasteiger partial charge in [-0.05, 0) is 63.8 Å². The van der Waals surface area contributed by atoms with E-state index in [1.54, 1.807) is 42.7 Å². The van der Waals surface area contributed by atoms with Crippen LogP contribution in [0.15, 0.2) is 57.2 Å². The molecule has 0 saturated carbocycles. The summed E-state index contributed by atoms with van der Waals surface area (Å²) in [6.45, 7) is 2.27. The number of hydrogen-bond donors (Lipinski definition) is 0. The maximum absolute atomic E-state index is 13.4. The Morgan fingerprint density at radius 1 is 1.12 bits per heavy atom. The van der Waals surface area contributed by atoms with Gasteiger partial charge in [0.25, 0.3) is 10.0 Å². The molecule has 0 N–H and O–H groups in total. The molecular formula is C19H16BrNO3S2. The van der Waals surface area contributed by atoms with E-state index in [-0.39, 0.29) is 4.90 Å². The van der Waals surface area contributed by atoms with Gasteiger partial charge >= 0.3 is 0 Å². The average Bonchev–Trinajstić information content (AvgIpc) is 2.96. The Bertz CT molecular complexity index is 1090. The SMILES string of the molecule is COc1ccc(S(=O)(=O)N2Cc3ccccc3-c3sc(Br)c(C)c32)cc1. The Morgan fingerprint density at radius 3 is 2.50 bits per heavy atom. The second-order valence-electron chi connectivity index (χ2n) is 6.02. The van der Waals surface area contributed by atoms with Gasteiger partial charge in [0.2, 0.25) is 0 Å². The van der Waals surface area contributed by atoms with Gasteiger partial charge in [0.15, 0.2) is 0 Å². The van der Waals surface area contributed by atoms with Crippen molar-refractivity contribution in [1.82, 2.24) is 0 Å². The molecule has 2 heterocycles. The summed E-state index contributed by atoms with van der Waals surface area (Å²) in [6.07, 6.45) is 0. The molecular weight excluding hydrogens is 434 g/mol. The molecule has 0 amide bonds. The molecule has 1 aliphatic rings. The number of hydrogen-bond acceptors (Lipinski definition) is 4. The van der Waals surface area contributed by atoms with Crippen LogP contribution in [0.1, 0.15) is 11.1 Å². The van der Waals surface area contributed by atoms with Gasteiger partial charge in [-0.25, -0.2) is 8.42 Å². The summed E-state index contributed by atoms with van der Waals surface area (Å²) in [5, 5.41) is 0. The molecule has 0 bridgehead atoms. The quantitative estimate of drug-likeness (QED) is 0.551. The van der Waals surface area contributed by atoms with E-state index in [2.05, 4.69) is 15.9 Å². The molecule has 0 fully saturated rings. The van der Waals surface area contributed by atoms with Crippen molar-refractivity contribution < 1.29 is 13.2 Å². The van der Waals surface area contributed by atoms with Crippen molar-refractivity contribution in [2.24, 2.45) is 0 Å². The van der Waals surface area contributed by atoms with Crippen LogP contribution in [-0.4, -0.2) is 15.5 Å². The topological polar surface area (TPSA) is 46.6 Å². The second kappa shape index (κ2) is 6.40. The number of methoxy groups -OCH3 is 1. The third-order valence-corrected chi connectivity index (χ3v) is 8.47. The molecule has 134 valence electrons. The number of thiophene rings is 1. The molecule has 0 atom stereocenters. The van der Waals surface area contributed by atoms with Crippen LogP contribution in [0.2, 0.25) is 0 Å². The lowest BCUT2D eigenvalue weighted by Crippen LogP contribution is -2.33. The van der Waals surface area contributed by atoms with Crippen LogP contribution in [0, 0.1) is 6.92 Å². The fraction of sp³-hybridized carbons (Fsp3) is 0.158. The van der Waals surface area contributed by atoms with E-state index in [9.17, 15) is 8.42 Å². The molecule has 26 heavy (non-hydrogen) atoms. The molecule has 2 aromatic carbocycles. The number of halogens is 1. The van der Waals surface area contributed by atoms with Gasteiger partial charge in [0, 0.05) is 0 Å². The van der Waals surface area contributed by atoms with E-state index in [1.807, 2.05) is 31.2 Å². The number of benzene rings is 2. The zero-order valence-corrected chi connectivity index (χ0v) is 17.4. The van der Waals surface area contributed by atoms with Crippen molar-refractivity contribution in [2.45, 2.75) is 18.4 Å². The molecule has 3 aromatic rings. The van der Waals surface area contributed by atoms with Crippen LogP contribution in [-0.2, 0) is 16.6 Å². The second-order valence-corrected chi connectivity index (χ2v) is 10.2. The Labute approximate surface area is 165 Å². The van der Waals surface area contributed by atoms with Crippen LogP contribution in [0.3, 0.4) is 0 Å². The Morgan fingerprint density at radius 2 is 1.81 bits per heavy atom. The van der Waals surface area contributed by atoms with Gasteiger partial charge in [0.05, 0.1) is 32.9 Å². The van der Waals surface area contributed by atoms with Crippen LogP contribution in [0.5, 0.6) is 5.75 Å². The van der Waals surface area contributed by atoms with Crippen LogP contribution in [0.4, 0.5) is 5.69 Å². The van der Waals surface area contributed by atoms with Gasteiger partial charge in [-0.2, -0.15) is 0 Å². The highest BCUT2D eigenvalue weighted by atomic mass is 79.9. The molecule has 0 aliphatic carbocycles. The third-order valence-electron chi connectivity index (χ3n) is 4.53. The van der Waals surface area contributed by atoms with E-state index in [0.29, 0.717) is 12.3 Å². The summed E-state index contributed by atoms with van der Waals surface area (Å²) in [6, 6.07) is 14.5. The van der Waals surface area contributed by atoms with Gasteiger partial charge in [-0.3, -0.25) is 4.31 Å². The molecule has 0 spiro atoms. The van der Waals surface area contributed by atoms with Crippen molar-refractivity contribution in [2.75, 3.05) is 11.4 Å². The van der Waals surface area contributed by atoms with Gasteiger partial charge in [-0.15, -0.1) is 11.3 Å². The summed E-state index contributed by atoms with van der Waals surface area (Å²) < 4.78 is 34.4. The zero-order chi connectivity index (χ0) is 18.5.